The number of aliphatic hydroxyl groups excluding tert-OH is 5. The van der Waals surface area contributed by atoms with Crippen molar-refractivity contribution in [3.8, 4) is 22.6 Å². The van der Waals surface area contributed by atoms with Crippen molar-refractivity contribution < 1.29 is 53.6 Å². The maximum absolute atomic E-state index is 13.2. The number of hydrogen-bond donors (Lipinski definition) is 5. The van der Waals surface area contributed by atoms with Gasteiger partial charge in [0, 0.05) is 13.2 Å². The van der Waals surface area contributed by atoms with E-state index in [1.165, 1.54) is 31.6 Å². The first kappa shape index (κ1) is 28.5. The summed E-state index contributed by atoms with van der Waals surface area (Å²) in [6, 6.07) is 11.1. The van der Waals surface area contributed by atoms with E-state index in [4.69, 9.17) is 28.1 Å². The zero-order valence-electron chi connectivity index (χ0n) is 22.0. The molecule has 0 aliphatic carbocycles. The molecule has 40 heavy (non-hydrogen) atoms. The highest BCUT2D eigenvalue weighted by Crippen LogP contribution is 2.29. The van der Waals surface area contributed by atoms with E-state index in [2.05, 4.69) is 0 Å². The van der Waals surface area contributed by atoms with Crippen LogP contribution < -0.4 is 14.9 Å². The van der Waals surface area contributed by atoms with Crippen LogP contribution in [0.3, 0.4) is 0 Å². The summed E-state index contributed by atoms with van der Waals surface area (Å²) >= 11 is 0. The second-order valence-electron chi connectivity index (χ2n) is 9.97. The van der Waals surface area contributed by atoms with Gasteiger partial charge in [0.15, 0.2) is 5.43 Å². The van der Waals surface area contributed by atoms with Crippen molar-refractivity contribution in [2.24, 2.45) is 0 Å². The fourth-order valence-electron chi connectivity index (χ4n) is 4.85. The zero-order chi connectivity index (χ0) is 28.7. The van der Waals surface area contributed by atoms with Crippen LogP contribution in [0.4, 0.5) is 0 Å². The van der Waals surface area contributed by atoms with Gasteiger partial charge in [-0.05, 0) is 43.7 Å². The lowest BCUT2D eigenvalue weighted by Crippen LogP contribution is -2.58. The number of aliphatic hydroxyl groups is 5. The van der Waals surface area contributed by atoms with E-state index >= 15 is 0 Å². The fourth-order valence-corrected chi connectivity index (χ4v) is 4.85. The number of methoxy groups -OCH3 is 1. The summed E-state index contributed by atoms with van der Waals surface area (Å²) in [5, 5.41) is 51.0. The predicted octanol–water partition coefficient (Wildman–Crippen LogP) is 0.527. The molecule has 2 aliphatic heterocycles. The maximum Gasteiger partial charge on any atom is 0.229 e. The van der Waals surface area contributed by atoms with E-state index in [0.29, 0.717) is 16.9 Å². The summed E-state index contributed by atoms with van der Waals surface area (Å²) in [6.07, 6.45) is -9.62. The number of benzene rings is 2. The zero-order valence-corrected chi connectivity index (χ0v) is 22.0. The molecular weight excluding hydrogens is 528 g/mol. The summed E-state index contributed by atoms with van der Waals surface area (Å²) in [5.74, 6) is 0.603. The summed E-state index contributed by atoms with van der Waals surface area (Å²) in [4.78, 5) is 13.2. The Morgan fingerprint density at radius 2 is 1.32 bits per heavy atom. The number of fused-ring (bicyclic) bond motifs is 1. The first-order chi connectivity index (χ1) is 19.1. The van der Waals surface area contributed by atoms with Crippen molar-refractivity contribution in [2.75, 3.05) is 7.11 Å². The van der Waals surface area contributed by atoms with Crippen molar-refractivity contribution in [1.82, 2.24) is 0 Å². The highest BCUT2D eigenvalue weighted by atomic mass is 16.7. The smallest absolute Gasteiger partial charge is 0.229 e. The van der Waals surface area contributed by atoms with Crippen molar-refractivity contribution in [3.05, 3.63) is 59.0 Å². The Labute approximate surface area is 228 Å². The van der Waals surface area contributed by atoms with Gasteiger partial charge in [0.05, 0.1) is 23.2 Å². The van der Waals surface area contributed by atoms with Gasteiger partial charge < -0.3 is 53.6 Å². The molecular formula is C28H32O12. The fraction of sp³-hybridized carbons (Fsp3) is 0.464. The van der Waals surface area contributed by atoms with Crippen LogP contribution in [0, 0.1) is 0 Å². The van der Waals surface area contributed by atoms with Crippen LogP contribution in [0.1, 0.15) is 13.8 Å². The molecule has 216 valence electrons. The molecule has 12 heteroatoms. The Bertz CT molecular complexity index is 1370. The summed E-state index contributed by atoms with van der Waals surface area (Å²) < 4.78 is 33.4. The van der Waals surface area contributed by atoms with Gasteiger partial charge in [-0.15, -0.1) is 0 Å². The van der Waals surface area contributed by atoms with Gasteiger partial charge in [0.25, 0.3) is 0 Å². The lowest BCUT2D eigenvalue weighted by Gasteiger charge is -2.40. The molecule has 2 aromatic carbocycles. The van der Waals surface area contributed by atoms with Crippen molar-refractivity contribution in [1.29, 1.82) is 0 Å². The first-order valence-corrected chi connectivity index (χ1v) is 12.8. The third-order valence-electron chi connectivity index (χ3n) is 7.28. The molecule has 2 saturated heterocycles. The predicted molar refractivity (Wildman–Crippen MR) is 139 cm³/mol. The SMILES string of the molecule is COC1C(O)C(C)OC(Oc2ccc(-c3coc4cc(OC5OC(C)C(O)C(O)C5O)ccc4c3=O)cc2)C1O. The minimum Gasteiger partial charge on any atom is -0.463 e. The molecule has 0 amide bonds. The maximum atomic E-state index is 13.2. The molecule has 10 atom stereocenters. The van der Waals surface area contributed by atoms with E-state index in [-0.39, 0.29) is 22.1 Å². The minimum atomic E-state index is -1.48. The van der Waals surface area contributed by atoms with Gasteiger partial charge in [-0.1, -0.05) is 12.1 Å². The molecule has 0 bridgehead atoms. The van der Waals surface area contributed by atoms with E-state index in [0.717, 1.165) is 0 Å². The molecule has 5 rings (SSSR count). The second kappa shape index (κ2) is 11.4. The van der Waals surface area contributed by atoms with Crippen LogP contribution in [-0.2, 0) is 14.2 Å². The van der Waals surface area contributed by atoms with Gasteiger partial charge in [-0.3, -0.25) is 4.79 Å². The molecule has 3 aromatic rings. The Hall–Kier alpha value is -3.07. The summed E-state index contributed by atoms with van der Waals surface area (Å²) in [5.41, 5.74) is 0.805. The minimum absolute atomic E-state index is 0.231. The largest absolute Gasteiger partial charge is 0.463 e. The molecule has 2 fully saturated rings. The van der Waals surface area contributed by atoms with Gasteiger partial charge >= 0.3 is 0 Å². The van der Waals surface area contributed by atoms with Crippen molar-refractivity contribution in [3.63, 3.8) is 0 Å². The quantitative estimate of drug-likeness (QED) is 0.283. The molecule has 0 radical (unpaired) electrons. The molecule has 10 unspecified atom stereocenters. The normalized spacial score (nSPS) is 34.5. The lowest BCUT2D eigenvalue weighted by atomic mass is 10.00. The van der Waals surface area contributed by atoms with Crippen LogP contribution in [0.15, 0.2) is 57.9 Å². The van der Waals surface area contributed by atoms with Crippen molar-refractivity contribution >= 4 is 11.0 Å². The standard InChI is InChI=1S/C28H32O12/c1-12-20(29)23(32)24(33)27(37-12)40-16-8-9-17-19(10-16)36-11-18(22(17)31)14-4-6-15(7-5-14)39-28-25(34)26(35-3)21(30)13(2)38-28/h4-13,20-21,23-30,32-34H,1-3H3. The Kier molecular flexibility index (Phi) is 8.13. The third kappa shape index (κ3) is 5.32. The van der Waals surface area contributed by atoms with E-state index in [1.54, 1.807) is 38.1 Å². The lowest BCUT2D eigenvalue weighted by molar-refractivity contribution is -0.272. The molecule has 0 spiro atoms. The van der Waals surface area contributed by atoms with Crippen LogP contribution in [0.5, 0.6) is 11.5 Å². The highest BCUT2D eigenvalue weighted by molar-refractivity contribution is 5.82. The number of ether oxygens (including phenoxy) is 5. The van der Waals surface area contributed by atoms with Gasteiger partial charge in [-0.25, -0.2) is 0 Å². The Balaban J connectivity index is 1.31. The van der Waals surface area contributed by atoms with Crippen LogP contribution >= 0.6 is 0 Å². The second-order valence-corrected chi connectivity index (χ2v) is 9.97. The van der Waals surface area contributed by atoms with Gasteiger partial charge in [0.2, 0.25) is 12.6 Å². The molecule has 12 nitrogen and oxygen atoms in total. The van der Waals surface area contributed by atoms with Crippen molar-refractivity contribution in [2.45, 2.75) is 75.3 Å². The Morgan fingerprint density at radius 3 is 2.00 bits per heavy atom. The monoisotopic (exact) mass is 560 g/mol. The first-order valence-electron chi connectivity index (χ1n) is 12.8. The molecule has 5 N–H and O–H groups in total. The molecule has 3 heterocycles. The topological polar surface area (TPSA) is 178 Å². The van der Waals surface area contributed by atoms with Crippen LogP contribution in [-0.4, -0.2) is 94.1 Å². The number of hydrogen-bond acceptors (Lipinski definition) is 12. The molecule has 0 saturated carbocycles. The molecule has 1 aromatic heterocycles. The average Bonchev–Trinajstić information content (AvgIpc) is 2.94. The summed E-state index contributed by atoms with van der Waals surface area (Å²) in [7, 11) is 1.39. The van der Waals surface area contributed by atoms with Crippen LogP contribution in [0.25, 0.3) is 22.1 Å². The van der Waals surface area contributed by atoms with Gasteiger partial charge in [-0.2, -0.15) is 0 Å². The van der Waals surface area contributed by atoms with E-state index in [1.807, 2.05) is 0 Å². The highest BCUT2D eigenvalue weighted by Gasteiger charge is 2.45. The third-order valence-corrected chi connectivity index (χ3v) is 7.28. The number of rotatable bonds is 6. The van der Waals surface area contributed by atoms with E-state index in [9.17, 15) is 30.3 Å². The van der Waals surface area contributed by atoms with E-state index < -0.39 is 61.4 Å². The Morgan fingerprint density at radius 1 is 0.725 bits per heavy atom. The van der Waals surface area contributed by atoms with Crippen LogP contribution in [0.2, 0.25) is 0 Å². The summed E-state index contributed by atoms with van der Waals surface area (Å²) in [6.45, 7) is 3.20. The van der Waals surface area contributed by atoms with Gasteiger partial charge in [0.1, 0.15) is 60.0 Å². The molecule has 2 aliphatic rings. The average molecular weight is 561 g/mol.